The summed E-state index contributed by atoms with van der Waals surface area (Å²) in [5, 5.41) is 4.62. The van der Waals surface area contributed by atoms with E-state index in [4.69, 9.17) is 4.74 Å². The molecule has 1 fully saturated rings. The van der Waals surface area contributed by atoms with Crippen molar-refractivity contribution < 1.29 is 4.74 Å². The third kappa shape index (κ3) is 1.54. The highest BCUT2D eigenvalue weighted by Gasteiger charge is 2.17. The molecule has 2 aromatic rings. The number of hydrogen-bond acceptors (Lipinski definition) is 2. The Labute approximate surface area is 88.4 Å². The van der Waals surface area contributed by atoms with Crippen LogP contribution in [-0.2, 0) is 4.74 Å². The van der Waals surface area contributed by atoms with Crippen molar-refractivity contribution in [3.8, 4) is 0 Å². The van der Waals surface area contributed by atoms with Crippen LogP contribution in [0.3, 0.4) is 0 Å². The van der Waals surface area contributed by atoms with Crippen LogP contribution in [0.1, 0.15) is 11.7 Å². The molecule has 15 heavy (non-hydrogen) atoms. The molecule has 2 N–H and O–H groups in total. The van der Waals surface area contributed by atoms with Crippen LogP contribution in [0.4, 0.5) is 0 Å². The second-order valence-corrected chi connectivity index (χ2v) is 3.85. The van der Waals surface area contributed by atoms with E-state index < -0.39 is 0 Å². The summed E-state index contributed by atoms with van der Waals surface area (Å²) in [4.78, 5) is 3.22. The molecule has 0 saturated carbocycles. The van der Waals surface area contributed by atoms with Gasteiger partial charge in [0, 0.05) is 30.2 Å². The molecule has 1 saturated heterocycles. The Morgan fingerprint density at radius 3 is 3.13 bits per heavy atom. The highest BCUT2D eigenvalue weighted by Crippen LogP contribution is 2.26. The Balaban J connectivity index is 2.05. The number of ether oxygens (including phenoxy) is 1. The minimum absolute atomic E-state index is 0.193. The van der Waals surface area contributed by atoms with Gasteiger partial charge >= 0.3 is 0 Å². The normalized spacial score (nSPS) is 22.0. The van der Waals surface area contributed by atoms with Crippen molar-refractivity contribution in [2.24, 2.45) is 0 Å². The number of nitrogens with one attached hydrogen (secondary N) is 2. The Kier molecular flexibility index (Phi) is 2.19. The number of hydrogen-bond donors (Lipinski definition) is 2. The quantitative estimate of drug-likeness (QED) is 0.740. The van der Waals surface area contributed by atoms with Gasteiger partial charge in [0.25, 0.3) is 0 Å². The van der Waals surface area contributed by atoms with E-state index in [9.17, 15) is 0 Å². The minimum atomic E-state index is 0.193. The maximum absolute atomic E-state index is 5.77. The lowest BCUT2D eigenvalue weighted by Gasteiger charge is -2.24. The predicted octanol–water partition coefficient (Wildman–Crippen LogP) is 1.83. The maximum Gasteiger partial charge on any atom is 0.0956 e. The summed E-state index contributed by atoms with van der Waals surface area (Å²) in [6, 6.07) is 8.43. The number of aromatic nitrogens is 1. The molecule has 0 spiro atoms. The summed E-state index contributed by atoms with van der Waals surface area (Å²) >= 11 is 0. The lowest BCUT2D eigenvalue weighted by molar-refractivity contribution is 0.0286. The molecule has 1 atom stereocenters. The number of fused-ring (bicyclic) bond motifs is 1. The zero-order chi connectivity index (χ0) is 10.1. The first-order valence-corrected chi connectivity index (χ1v) is 5.33. The number of rotatable bonds is 1. The largest absolute Gasteiger partial charge is 0.371 e. The van der Waals surface area contributed by atoms with Gasteiger partial charge in [0.05, 0.1) is 12.7 Å². The second kappa shape index (κ2) is 3.68. The van der Waals surface area contributed by atoms with Crippen LogP contribution in [0, 0.1) is 0 Å². The summed E-state index contributed by atoms with van der Waals surface area (Å²) in [5.41, 5.74) is 2.46. The topological polar surface area (TPSA) is 37.0 Å². The van der Waals surface area contributed by atoms with Crippen LogP contribution in [0.2, 0.25) is 0 Å². The highest BCUT2D eigenvalue weighted by molar-refractivity contribution is 5.83. The molecule has 2 heterocycles. The lowest BCUT2D eigenvalue weighted by atomic mass is 10.0. The van der Waals surface area contributed by atoms with Gasteiger partial charge in [-0.15, -0.1) is 0 Å². The van der Waals surface area contributed by atoms with Crippen LogP contribution >= 0.6 is 0 Å². The van der Waals surface area contributed by atoms with Gasteiger partial charge in [-0.3, -0.25) is 0 Å². The van der Waals surface area contributed by atoms with Gasteiger partial charge < -0.3 is 15.0 Å². The average Bonchev–Trinajstić information content (AvgIpc) is 2.78. The monoisotopic (exact) mass is 202 g/mol. The molecule has 0 radical (unpaired) electrons. The van der Waals surface area contributed by atoms with Crippen molar-refractivity contribution in [2.45, 2.75) is 6.10 Å². The third-order valence-electron chi connectivity index (χ3n) is 2.90. The fourth-order valence-corrected chi connectivity index (χ4v) is 2.16. The first-order valence-electron chi connectivity index (χ1n) is 5.33. The van der Waals surface area contributed by atoms with E-state index in [0.717, 1.165) is 19.7 Å². The van der Waals surface area contributed by atoms with Crippen LogP contribution in [0.15, 0.2) is 30.5 Å². The average molecular weight is 202 g/mol. The van der Waals surface area contributed by atoms with Gasteiger partial charge in [-0.25, -0.2) is 0 Å². The van der Waals surface area contributed by atoms with Crippen LogP contribution in [0.5, 0.6) is 0 Å². The van der Waals surface area contributed by atoms with Gasteiger partial charge in [-0.1, -0.05) is 12.1 Å². The molecule has 0 aliphatic carbocycles. The first kappa shape index (κ1) is 8.95. The first-order chi connectivity index (χ1) is 7.45. The van der Waals surface area contributed by atoms with E-state index in [1.165, 1.54) is 16.5 Å². The molecular formula is C12H14N2O. The molecule has 3 nitrogen and oxygen atoms in total. The summed E-state index contributed by atoms with van der Waals surface area (Å²) in [5.74, 6) is 0. The fourth-order valence-electron chi connectivity index (χ4n) is 2.16. The molecular weight excluding hydrogens is 188 g/mol. The van der Waals surface area contributed by atoms with E-state index in [2.05, 4.69) is 34.6 Å². The highest BCUT2D eigenvalue weighted by atomic mass is 16.5. The molecule has 1 aromatic heterocycles. The summed E-state index contributed by atoms with van der Waals surface area (Å²) in [6.45, 7) is 2.66. The Bertz CT molecular complexity index is 457. The summed E-state index contributed by atoms with van der Waals surface area (Å²) in [7, 11) is 0. The number of morpholine rings is 1. The predicted molar refractivity (Wildman–Crippen MR) is 59.9 cm³/mol. The van der Waals surface area contributed by atoms with Crippen molar-refractivity contribution in [3.05, 3.63) is 36.0 Å². The van der Waals surface area contributed by atoms with Gasteiger partial charge in [0.15, 0.2) is 0 Å². The lowest BCUT2D eigenvalue weighted by Crippen LogP contribution is -2.33. The molecule has 3 heteroatoms. The molecule has 1 aromatic carbocycles. The zero-order valence-corrected chi connectivity index (χ0v) is 8.49. The third-order valence-corrected chi connectivity index (χ3v) is 2.90. The van der Waals surface area contributed by atoms with Crippen LogP contribution < -0.4 is 5.32 Å². The zero-order valence-electron chi connectivity index (χ0n) is 8.49. The van der Waals surface area contributed by atoms with Crippen molar-refractivity contribution >= 4 is 10.9 Å². The van der Waals surface area contributed by atoms with Gasteiger partial charge in [0.1, 0.15) is 0 Å². The Morgan fingerprint density at radius 1 is 1.27 bits per heavy atom. The van der Waals surface area contributed by atoms with Crippen LogP contribution in [0.25, 0.3) is 10.9 Å². The van der Waals surface area contributed by atoms with E-state index >= 15 is 0 Å². The molecule has 1 aliphatic rings. The second-order valence-electron chi connectivity index (χ2n) is 3.85. The van der Waals surface area contributed by atoms with E-state index in [0.29, 0.717) is 0 Å². The Hall–Kier alpha value is -1.32. The van der Waals surface area contributed by atoms with E-state index in [1.54, 1.807) is 0 Å². The maximum atomic E-state index is 5.77. The van der Waals surface area contributed by atoms with Gasteiger partial charge in [-0.05, 0) is 17.7 Å². The van der Waals surface area contributed by atoms with Crippen molar-refractivity contribution in [1.29, 1.82) is 0 Å². The molecule has 0 bridgehead atoms. The molecule has 0 unspecified atom stereocenters. The summed E-state index contributed by atoms with van der Waals surface area (Å²) in [6.07, 6.45) is 2.17. The molecule has 3 rings (SSSR count). The number of H-pyrrole nitrogens is 1. The van der Waals surface area contributed by atoms with Crippen molar-refractivity contribution in [1.82, 2.24) is 10.3 Å². The Morgan fingerprint density at radius 2 is 2.27 bits per heavy atom. The number of aromatic amines is 1. The van der Waals surface area contributed by atoms with E-state index in [1.807, 2.05) is 6.20 Å². The SMILES string of the molecule is c1cc([C@H]2CNCCO2)c2cc[nH]c2c1. The molecule has 1 aliphatic heterocycles. The fraction of sp³-hybridized carbons (Fsp3) is 0.333. The minimum Gasteiger partial charge on any atom is -0.371 e. The summed E-state index contributed by atoms with van der Waals surface area (Å²) < 4.78 is 5.77. The standard InChI is InChI=1S/C12H14N2O/c1-2-10(12-8-13-6-7-15-12)9-4-5-14-11(9)3-1/h1-5,12-14H,6-8H2/t12-/m1/s1. The van der Waals surface area contributed by atoms with Gasteiger partial charge in [-0.2, -0.15) is 0 Å². The molecule has 78 valence electrons. The number of benzene rings is 1. The van der Waals surface area contributed by atoms with Crippen molar-refractivity contribution in [3.63, 3.8) is 0 Å². The van der Waals surface area contributed by atoms with Crippen LogP contribution in [-0.4, -0.2) is 24.7 Å². The molecule has 0 amide bonds. The van der Waals surface area contributed by atoms with E-state index in [-0.39, 0.29) is 6.10 Å². The van der Waals surface area contributed by atoms with Crippen molar-refractivity contribution in [2.75, 3.05) is 19.7 Å². The van der Waals surface area contributed by atoms with Gasteiger partial charge in [0.2, 0.25) is 0 Å². The smallest absolute Gasteiger partial charge is 0.0956 e.